The molecule has 7 nitrogen and oxygen atoms in total. The number of benzene rings is 1. The lowest BCUT2D eigenvalue weighted by molar-refractivity contribution is -0.126. The average Bonchev–Trinajstić information content (AvgIpc) is 3.32. The highest BCUT2D eigenvalue weighted by molar-refractivity contribution is 6.31. The molecule has 1 atom stereocenters. The number of hydrogen-bond donors (Lipinski definition) is 1. The van der Waals surface area contributed by atoms with Crippen LogP contribution in [0.4, 0.5) is 0 Å². The molecule has 8 heteroatoms. The van der Waals surface area contributed by atoms with Crippen LogP contribution in [0.2, 0.25) is 5.02 Å². The van der Waals surface area contributed by atoms with Gasteiger partial charge in [-0.25, -0.2) is 0 Å². The molecule has 1 saturated carbocycles. The Morgan fingerprint density at radius 2 is 1.85 bits per heavy atom. The molecule has 1 aliphatic carbocycles. The van der Waals surface area contributed by atoms with Crippen molar-refractivity contribution in [1.82, 2.24) is 15.1 Å². The summed E-state index contributed by atoms with van der Waals surface area (Å²) in [6, 6.07) is 10.4. The van der Waals surface area contributed by atoms with E-state index in [1.807, 2.05) is 24.3 Å². The molecule has 34 heavy (non-hydrogen) atoms. The lowest BCUT2D eigenvalue weighted by Gasteiger charge is -2.31. The van der Waals surface area contributed by atoms with Crippen LogP contribution in [0.1, 0.15) is 60.9 Å². The van der Waals surface area contributed by atoms with E-state index < -0.39 is 6.04 Å². The summed E-state index contributed by atoms with van der Waals surface area (Å²) >= 11 is 6.39. The minimum absolute atomic E-state index is 0.146. The highest BCUT2D eigenvalue weighted by Gasteiger charge is 2.31. The number of nitrogens with zero attached hydrogens (tertiary/aromatic N) is 2. The Morgan fingerprint density at radius 3 is 2.59 bits per heavy atom. The van der Waals surface area contributed by atoms with E-state index in [4.69, 9.17) is 20.8 Å². The Labute approximate surface area is 206 Å². The van der Waals surface area contributed by atoms with Gasteiger partial charge < -0.3 is 19.4 Å². The molecule has 0 spiro atoms. The number of rotatable bonds is 8. The van der Waals surface area contributed by atoms with Gasteiger partial charge in [0.1, 0.15) is 11.8 Å². The number of amides is 2. The Morgan fingerprint density at radius 1 is 1.12 bits per heavy atom. The van der Waals surface area contributed by atoms with Crippen molar-refractivity contribution in [2.24, 2.45) is 0 Å². The van der Waals surface area contributed by atoms with Crippen LogP contribution < -0.4 is 5.32 Å². The van der Waals surface area contributed by atoms with Crippen LogP contribution in [-0.2, 0) is 22.6 Å². The molecule has 1 aliphatic heterocycles. The molecule has 184 valence electrons. The van der Waals surface area contributed by atoms with Crippen LogP contribution in [-0.4, -0.2) is 60.0 Å². The average molecular weight is 488 g/mol. The number of halogens is 1. The summed E-state index contributed by atoms with van der Waals surface area (Å²) in [4.78, 5) is 30.5. The van der Waals surface area contributed by atoms with E-state index in [-0.39, 0.29) is 30.2 Å². The van der Waals surface area contributed by atoms with Crippen molar-refractivity contribution in [3.05, 3.63) is 58.5 Å². The fraction of sp³-hybridized carbons (Fsp3) is 0.538. The molecule has 1 N–H and O–H groups in total. The lowest BCUT2D eigenvalue weighted by Crippen LogP contribution is -2.50. The molecular weight excluding hydrogens is 454 g/mol. The molecule has 1 aromatic carbocycles. The normalized spacial score (nSPS) is 18.4. The Bertz CT molecular complexity index is 966. The van der Waals surface area contributed by atoms with Crippen LogP contribution in [0, 0.1) is 0 Å². The third-order valence-corrected chi connectivity index (χ3v) is 7.08. The predicted octanol–water partition coefficient (Wildman–Crippen LogP) is 4.25. The Kier molecular flexibility index (Phi) is 8.64. The van der Waals surface area contributed by atoms with Gasteiger partial charge in [0.15, 0.2) is 5.76 Å². The molecule has 2 amide bonds. The molecule has 2 aromatic rings. The lowest BCUT2D eigenvalue weighted by atomic mass is 9.95. The summed E-state index contributed by atoms with van der Waals surface area (Å²) in [5.74, 6) is 0.488. The SMILES string of the molecule is CC(C(=O)NC1CCCCC1)N(Cc1ccccc1Cl)C(=O)c1ccc(CN2CCOCC2)o1. The third kappa shape index (κ3) is 6.40. The first kappa shape index (κ1) is 24.8. The molecule has 1 saturated heterocycles. The van der Waals surface area contributed by atoms with Gasteiger partial charge in [0.2, 0.25) is 5.91 Å². The van der Waals surface area contributed by atoms with E-state index in [1.54, 1.807) is 24.0 Å². The monoisotopic (exact) mass is 487 g/mol. The summed E-state index contributed by atoms with van der Waals surface area (Å²) < 4.78 is 11.3. The van der Waals surface area contributed by atoms with Crippen molar-refractivity contribution >= 4 is 23.4 Å². The van der Waals surface area contributed by atoms with E-state index in [0.717, 1.165) is 50.1 Å². The first-order valence-electron chi connectivity index (χ1n) is 12.2. The van der Waals surface area contributed by atoms with Gasteiger partial charge in [0.05, 0.1) is 19.8 Å². The second-order valence-corrected chi connectivity index (χ2v) is 9.61. The second-order valence-electron chi connectivity index (χ2n) is 9.20. The van der Waals surface area contributed by atoms with Gasteiger partial charge in [-0.1, -0.05) is 49.1 Å². The molecule has 0 radical (unpaired) electrons. The van der Waals surface area contributed by atoms with Crippen molar-refractivity contribution in [3.63, 3.8) is 0 Å². The molecule has 1 unspecified atom stereocenters. The van der Waals surface area contributed by atoms with E-state index in [2.05, 4.69) is 10.2 Å². The highest BCUT2D eigenvalue weighted by Crippen LogP contribution is 2.23. The molecule has 2 heterocycles. The molecule has 2 fully saturated rings. The van der Waals surface area contributed by atoms with Gasteiger partial charge in [0, 0.05) is 30.7 Å². The van der Waals surface area contributed by atoms with E-state index >= 15 is 0 Å². The zero-order valence-electron chi connectivity index (χ0n) is 19.8. The van der Waals surface area contributed by atoms with Gasteiger partial charge in [-0.15, -0.1) is 0 Å². The zero-order chi connectivity index (χ0) is 23.9. The Hall–Kier alpha value is -2.35. The van der Waals surface area contributed by atoms with Gasteiger partial charge in [-0.05, 0) is 43.5 Å². The minimum atomic E-state index is -0.668. The molecule has 2 aliphatic rings. The number of furan rings is 1. The van der Waals surface area contributed by atoms with E-state index in [0.29, 0.717) is 24.8 Å². The number of nitrogens with one attached hydrogen (secondary N) is 1. The molecule has 0 bridgehead atoms. The summed E-state index contributed by atoms with van der Waals surface area (Å²) in [5.41, 5.74) is 0.787. The Balaban J connectivity index is 1.50. The van der Waals surface area contributed by atoms with Gasteiger partial charge in [0.25, 0.3) is 5.91 Å². The zero-order valence-corrected chi connectivity index (χ0v) is 20.6. The summed E-state index contributed by atoms with van der Waals surface area (Å²) in [7, 11) is 0. The van der Waals surface area contributed by atoms with E-state index in [9.17, 15) is 9.59 Å². The number of carbonyl (C=O) groups excluding carboxylic acids is 2. The minimum Gasteiger partial charge on any atom is -0.455 e. The number of carbonyl (C=O) groups is 2. The topological polar surface area (TPSA) is 75.0 Å². The standard InChI is InChI=1S/C26H34ClN3O4/c1-19(25(31)28-21-8-3-2-4-9-21)30(17-20-7-5-6-10-23(20)27)26(32)24-12-11-22(34-24)18-29-13-15-33-16-14-29/h5-7,10-12,19,21H,2-4,8-9,13-18H2,1H3,(H,28,31). The van der Waals surface area contributed by atoms with Crippen LogP contribution in [0.25, 0.3) is 0 Å². The molecular formula is C26H34ClN3O4. The number of morpholine rings is 1. The van der Waals surface area contributed by atoms with Crippen molar-refractivity contribution < 1.29 is 18.7 Å². The highest BCUT2D eigenvalue weighted by atomic mass is 35.5. The summed E-state index contributed by atoms with van der Waals surface area (Å²) in [5, 5.41) is 3.71. The molecule has 4 rings (SSSR count). The van der Waals surface area contributed by atoms with Crippen molar-refractivity contribution in [2.75, 3.05) is 26.3 Å². The van der Waals surface area contributed by atoms with Gasteiger partial charge in [-0.2, -0.15) is 0 Å². The largest absolute Gasteiger partial charge is 0.455 e. The number of ether oxygens (including phenoxy) is 1. The van der Waals surface area contributed by atoms with Gasteiger partial charge >= 0.3 is 0 Å². The fourth-order valence-corrected chi connectivity index (χ4v) is 4.80. The van der Waals surface area contributed by atoms with Crippen molar-refractivity contribution in [3.8, 4) is 0 Å². The summed E-state index contributed by atoms with van der Waals surface area (Å²) in [6.45, 7) is 5.68. The predicted molar refractivity (Wildman–Crippen MR) is 131 cm³/mol. The van der Waals surface area contributed by atoms with Crippen LogP contribution in [0.5, 0.6) is 0 Å². The van der Waals surface area contributed by atoms with Crippen LogP contribution in [0.3, 0.4) is 0 Å². The smallest absolute Gasteiger partial charge is 0.290 e. The quantitative estimate of drug-likeness (QED) is 0.602. The van der Waals surface area contributed by atoms with Crippen molar-refractivity contribution in [1.29, 1.82) is 0 Å². The maximum absolute atomic E-state index is 13.6. The number of hydrogen-bond acceptors (Lipinski definition) is 5. The van der Waals surface area contributed by atoms with Gasteiger partial charge in [-0.3, -0.25) is 14.5 Å². The van der Waals surface area contributed by atoms with E-state index in [1.165, 1.54) is 6.42 Å². The van der Waals surface area contributed by atoms with Crippen molar-refractivity contribution in [2.45, 2.75) is 64.2 Å². The maximum atomic E-state index is 13.6. The van der Waals surface area contributed by atoms with Crippen LogP contribution in [0.15, 0.2) is 40.8 Å². The second kappa shape index (κ2) is 11.9. The first-order chi connectivity index (χ1) is 16.5. The fourth-order valence-electron chi connectivity index (χ4n) is 4.60. The van der Waals surface area contributed by atoms with Crippen LogP contribution >= 0.6 is 11.6 Å². The first-order valence-corrected chi connectivity index (χ1v) is 12.6. The maximum Gasteiger partial charge on any atom is 0.290 e. The summed E-state index contributed by atoms with van der Waals surface area (Å²) in [6.07, 6.45) is 5.43. The third-order valence-electron chi connectivity index (χ3n) is 6.71. The molecule has 1 aromatic heterocycles.